The smallest absolute Gasteiger partial charge is 0.251 e. The van der Waals surface area contributed by atoms with E-state index in [0.717, 1.165) is 23.2 Å². The Bertz CT molecular complexity index is 1230. The molecule has 3 aromatic rings. The minimum absolute atomic E-state index is 0.0305. The number of aryl methyl sites for hydroxylation is 2. The summed E-state index contributed by atoms with van der Waals surface area (Å²) in [7, 11) is -1.57. The van der Waals surface area contributed by atoms with Crippen molar-refractivity contribution in [2.75, 3.05) is 23.4 Å². The number of rotatable bonds is 7. The highest BCUT2D eigenvalue weighted by Crippen LogP contribution is 2.25. The Balaban J connectivity index is 1.92. The molecule has 1 amide bonds. The molecule has 0 unspecified atom stereocenters. The Morgan fingerprint density at radius 2 is 1.90 bits per heavy atom. The lowest BCUT2D eigenvalue weighted by atomic mass is 10.2. The first-order valence-corrected chi connectivity index (χ1v) is 11.6. The predicted molar refractivity (Wildman–Crippen MR) is 121 cm³/mol. The average Bonchev–Trinajstić information content (AvgIpc) is 2.93. The maximum Gasteiger partial charge on any atom is 0.251 e. The Morgan fingerprint density at radius 3 is 2.52 bits per heavy atom. The lowest BCUT2D eigenvalue weighted by Gasteiger charge is -2.12. The molecular weight excluding hydrogens is 416 g/mol. The van der Waals surface area contributed by atoms with Gasteiger partial charge in [-0.2, -0.15) is 4.98 Å². The number of carbonyl (C=O) groups is 1. The van der Waals surface area contributed by atoms with Gasteiger partial charge in [-0.05, 0) is 56.2 Å². The van der Waals surface area contributed by atoms with E-state index in [1.54, 1.807) is 25.3 Å². The van der Waals surface area contributed by atoms with Crippen LogP contribution in [-0.2, 0) is 16.9 Å². The molecule has 9 nitrogen and oxygen atoms in total. The molecular formula is C21H26N6O3S. The number of benzene rings is 1. The molecule has 3 rings (SSSR count). The summed E-state index contributed by atoms with van der Waals surface area (Å²) in [6, 6.07) is 6.10. The third kappa shape index (κ3) is 5.21. The predicted octanol–water partition coefficient (Wildman–Crippen LogP) is 3.07. The minimum atomic E-state index is -3.52. The zero-order valence-electron chi connectivity index (χ0n) is 18.1. The summed E-state index contributed by atoms with van der Waals surface area (Å²) in [5.41, 5.74) is 2.90. The maximum absolute atomic E-state index is 12.3. The van der Waals surface area contributed by atoms with Gasteiger partial charge in [-0.1, -0.05) is 0 Å². The second-order valence-corrected chi connectivity index (χ2v) is 9.31. The third-order valence-corrected chi connectivity index (χ3v) is 5.87. The van der Waals surface area contributed by atoms with Crippen molar-refractivity contribution in [3.8, 4) is 0 Å². The van der Waals surface area contributed by atoms with Crippen molar-refractivity contribution in [2.45, 2.75) is 25.7 Å². The van der Waals surface area contributed by atoms with E-state index in [1.165, 1.54) is 12.1 Å². The molecule has 0 atom stereocenters. The number of nitrogens with one attached hydrogen (secondary N) is 3. The fourth-order valence-corrected chi connectivity index (χ4v) is 3.79. The van der Waals surface area contributed by atoms with E-state index < -0.39 is 9.84 Å². The molecule has 164 valence electrons. The highest BCUT2D eigenvalue weighted by atomic mass is 32.2. The van der Waals surface area contributed by atoms with Crippen LogP contribution in [-0.4, -0.2) is 41.7 Å². The van der Waals surface area contributed by atoms with Crippen LogP contribution in [0.5, 0.6) is 0 Å². The van der Waals surface area contributed by atoms with Crippen LogP contribution in [0.25, 0.3) is 0 Å². The topological polar surface area (TPSA) is 118 Å². The quantitative estimate of drug-likeness (QED) is 0.515. The highest BCUT2D eigenvalue weighted by Gasteiger charge is 2.15. The Kier molecular flexibility index (Phi) is 6.30. The number of carbonyl (C=O) groups excluding carboxylic acids is 1. The van der Waals surface area contributed by atoms with E-state index in [-0.39, 0.29) is 22.3 Å². The SMILES string of the molecule is CCNC(=O)c1cc(Nc2nccc(Nc3c(C)c(C)cn3C)n2)cc(S(C)(=O)=O)c1. The van der Waals surface area contributed by atoms with Crippen molar-refractivity contribution < 1.29 is 13.2 Å². The van der Waals surface area contributed by atoms with Gasteiger partial charge >= 0.3 is 0 Å². The van der Waals surface area contributed by atoms with E-state index in [9.17, 15) is 13.2 Å². The molecule has 0 aliphatic heterocycles. The molecule has 0 bridgehead atoms. The van der Waals surface area contributed by atoms with Crippen LogP contribution in [0.2, 0.25) is 0 Å². The molecule has 0 aliphatic carbocycles. The Hall–Kier alpha value is -3.40. The monoisotopic (exact) mass is 442 g/mol. The van der Waals surface area contributed by atoms with Gasteiger partial charge in [0.25, 0.3) is 5.91 Å². The van der Waals surface area contributed by atoms with E-state index in [4.69, 9.17) is 0 Å². The van der Waals surface area contributed by atoms with Crippen LogP contribution in [0.15, 0.2) is 41.6 Å². The number of sulfone groups is 1. The van der Waals surface area contributed by atoms with E-state index in [1.807, 2.05) is 31.7 Å². The van der Waals surface area contributed by atoms with Crippen molar-refractivity contribution >= 4 is 39.0 Å². The number of nitrogens with zero attached hydrogens (tertiary/aromatic N) is 3. The summed E-state index contributed by atoms with van der Waals surface area (Å²) in [5.74, 6) is 1.40. The first-order chi connectivity index (χ1) is 14.6. The van der Waals surface area contributed by atoms with Gasteiger partial charge in [-0.3, -0.25) is 4.79 Å². The lowest BCUT2D eigenvalue weighted by Crippen LogP contribution is -2.23. The van der Waals surface area contributed by atoms with Gasteiger partial charge in [0.15, 0.2) is 9.84 Å². The normalized spacial score (nSPS) is 11.3. The van der Waals surface area contributed by atoms with Crippen LogP contribution in [0.3, 0.4) is 0 Å². The number of amides is 1. The molecule has 0 saturated carbocycles. The lowest BCUT2D eigenvalue weighted by molar-refractivity contribution is 0.0955. The van der Waals surface area contributed by atoms with Crippen LogP contribution in [0.1, 0.15) is 28.4 Å². The van der Waals surface area contributed by atoms with Gasteiger partial charge in [0.2, 0.25) is 5.95 Å². The van der Waals surface area contributed by atoms with Crippen LogP contribution in [0.4, 0.5) is 23.3 Å². The molecule has 0 saturated heterocycles. The summed E-state index contributed by atoms with van der Waals surface area (Å²) in [6.45, 7) is 6.28. The number of hydrogen-bond donors (Lipinski definition) is 3. The largest absolute Gasteiger partial charge is 0.352 e. The molecule has 0 fully saturated rings. The number of anilines is 4. The zero-order chi connectivity index (χ0) is 22.8. The molecule has 3 N–H and O–H groups in total. The van der Waals surface area contributed by atoms with E-state index in [0.29, 0.717) is 18.1 Å². The molecule has 0 spiro atoms. The van der Waals surface area contributed by atoms with Crippen LogP contribution >= 0.6 is 0 Å². The Morgan fingerprint density at radius 1 is 1.16 bits per heavy atom. The summed E-state index contributed by atoms with van der Waals surface area (Å²) in [5, 5.41) is 8.96. The van der Waals surface area contributed by atoms with Gasteiger partial charge in [-0.25, -0.2) is 13.4 Å². The van der Waals surface area contributed by atoms with Crippen molar-refractivity contribution in [3.05, 3.63) is 53.3 Å². The number of aromatic nitrogens is 3. The van der Waals surface area contributed by atoms with Gasteiger partial charge in [0.1, 0.15) is 11.6 Å². The van der Waals surface area contributed by atoms with Gasteiger partial charge < -0.3 is 20.5 Å². The fourth-order valence-electron chi connectivity index (χ4n) is 3.10. The molecule has 2 heterocycles. The van der Waals surface area contributed by atoms with E-state index >= 15 is 0 Å². The number of hydrogen-bond acceptors (Lipinski definition) is 7. The molecule has 10 heteroatoms. The zero-order valence-corrected chi connectivity index (χ0v) is 19.0. The Labute approximate surface area is 181 Å². The van der Waals surface area contributed by atoms with Crippen LogP contribution in [0, 0.1) is 13.8 Å². The third-order valence-electron chi connectivity index (χ3n) is 4.78. The molecule has 1 aromatic carbocycles. The summed E-state index contributed by atoms with van der Waals surface area (Å²) in [4.78, 5) is 21.0. The van der Waals surface area contributed by atoms with Crippen molar-refractivity contribution in [1.82, 2.24) is 19.9 Å². The van der Waals surface area contributed by atoms with Crippen LogP contribution < -0.4 is 16.0 Å². The second kappa shape index (κ2) is 8.76. The first-order valence-electron chi connectivity index (χ1n) is 9.71. The summed E-state index contributed by atoms with van der Waals surface area (Å²) in [6.07, 6.45) is 4.71. The van der Waals surface area contributed by atoms with Crippen molar-refractivity contribution in [3.63, 3.8) is 0 Å². The van der Waals surface area contributed by atoms with Crippen molar-refractivity contribution in [2.24, 2.45) is 7.05 Å². The first kappa shape index (κ1) is 22.3. The van der Waals surface area contributed by atoms with E-state index in [2.05, 4.69) is 25.9 Å². The van der Waals surface area contributed by atoms with Gasteiger partial charge in [0.05, 0.1) is 4.90 Å². The maximum atomic E-state index is 12.3. The highest BCUT2D eigenvalue weighted by molar-refractivity contribution is 7.90. The summed E-state index contributed by atoms with van der Waals surface area (Å²) < 4.78 is 26.2. The molecule has 0 radical (unpaired) electrons. The fraction of sp³-hybridized carbons (Fsp3) is 0.286. The summed E-state index contributed by atoms with van der Waals surface area (Å²) >= 11 is 0. The molecule has 2 aromatic heterocycles. The second-order valence-electron chi connectivity index (χ2n) is 7.29. The average molecular weight is 443 g/mol. The van der Waals surface area contributed by atoms with Gasteiger partial charge in [0, 0.05) is 43.5 Å². The minimum Gasteiger partial charge on any atom is -0.352 e. The van der Waals surface area contributed by atoms with Crippen molar-refractivity contribution in [1.29, 1.82) is 0 Å². The molecule has 0 aliphatic rings. The van der Waals surface area contributed by atoms with Gasteiger partial charge in [-0.15, -0.1) is 0 Å². The molecule has 31 heavy (non-hydrogen) atoms. The standard InChI is InChI=1S/C21H26N6O3S/c1-6-22-20(28)15-9-16(11-17(10-15)31(5,29)30)24-21-23-8-7-18(26-21)25-19-14(3)13(2)12-27(19)4/h7-12H,6H2,1-5H3,(H,22,28)(H2,23,24,25,26).